The van der Waals surface area contributed by atoms with Gasteiger partial charge in [0.05, 0.1) is 16.9 Å². The van der Waals surface area contributed by atoms with E-state index in [1.807, 2.05) is 12.1 Å². The molecule has 1 aromatic heterocycles. The molecule has 1 aromatic carbocycles. The van der Waals surface area contributed by atoms with E-state index < -0.39 is 0 Å². The fourth-order valence-corrected chi connectivity index (χ4v) is 2.08. The maximum Gasteiger partial charge on any atom is 0.271 e. The highest BCUT2D eigenvalue weighted by Crippen LogP contribution is 2.21. The first-order valence-corrected chi connectivity index (χ1v) is 7.15. The Hall–Kier alpha value is -2.09. The zero-order chi connectivity index (χ0) is 15.1. The van der Waals surface area contributed by atoms with E-state index in [9.17, 15) is 4.79 Å². The number of furan rings is 1. The normalized spacial score (nSPS) is 11.1. The summed E-state index contributed by atoms with van der Waals surface area (Å²) in [7, 11) is 1.57. The summed E-state index contributed by atoms with van der Waals surface area (Å²) >= 11 is 2.14. The third kappa shape index (κ3) is 4.45. The fourth-order valence-electron chi connectivity index (χ4n) is 1.53. The number of carbonyl (C=O) groups excluding carboxylic acids is 1. The van der Waals surface area contributed by atoms with Crippen LogP contribution >= 0.6 is 22.6 Å². The van der Waals surface area contributed by atoms with Gasteiger partial charge < -0.3 is 9.15 Å². The van der Waals surface area contributed by atoms with E-state index in [0.717, 1.165) is 9.33 Å². The van der Waals surface area contributed by atoms with Gasteiger partial charge in [-0.25, -0.2) is 5.43 Å². The lowest BCUT2D eigenvalue weighted by atomic mass is 10.2. The second-order valence-electron chi connectivity index (χ2n) is 3.94. The minimum absolute atomic E-state index is 0.299. The van der Waals surface area contributed by atoms with Crippen LogP contribution in [0.1, 0.15) is 16.1 Å². The third-order valence-electron chi connectivity index (χ3n) is 2.54. The van der Waals surface area contributed by atoms with E-state index >= 15 is 0 Å². The lowest BCUT2D eigenvalue weighted by molar-refractivity contribution is 0.0955. The molecule has 0 aliphatic carbocycles. The van der Waals surface area contributed by atoms with Gasteiger partial charge in [-0.05, 0) is 65.1 Å². The summed E-state index contributed by atoms with van der Waals surface area (Å²) in [6, 6.07) is 8.82. The molecular formula is C15H13IN2O3. The molecule has 21 heavy (non-hydrogen) atoms. The molecule has 108 valence electrons. The maximum absolute atomic E-state index is 11.9. The Labute approximate surface area is 135 Å². The van der Waals surface area contributed by atoms with Crippen LogP contribution < -0.4 is 10.2 Å². The lowest BCUT2D eigenvalue weighted by Crippen LogP contribution is -2.17. The lowest BCUT2D eigenvalue weighted by Gasteiger charge is -2.05. The molecular weight excluding hydrogens is 383 g/mol. The Morgan fingerprint density at radius 1 is 1.43 bits per heavy atom. The number of hydrazone groups is 1. The predicted octanol–water partition coefficient (Wildman–Crippen LogP) is 3.32. The summed E-state index contributed by atoms with van der Waals surface area (Å²) in [5.74, 6) is 1.08. The van der Waals surface area contributed by atoms with E-state index in [0.29, 0.717) is 11.3 Å². The second-order valence-corrected chi connectivity index (χ2v) is 5.11. The molecule has 0 radical (unpaired) electrons. The molecule has 0 saturated carbocycles. The number of halogens is 1. The first-order valence-electron chi connectivity index (χ1n) is 6.08. The van der Waals surface area contributed by atoms with Crippen molar-refractivity contribution in [3.8, 4) is 5.75 Å². The van der Waals surface area contributed by atoms with Crippen LogP contribution in [-0.2, 0) is 0 Å². The highest BCUT2D eigenvalue weighted by atomic mass is 127. The van der Waals surface area contributed by atoms with Crippen molar-refractivity contribution in [2.24, 2.45) is 5.10 Å². The van der Waals surface area contributed by atoms with Gasteiger partial charge in [-0.1, -0.05) is 0 Å². The van der Waals surface area contributed by atoms with Gasteiger partial charge >= 0.3 is 0 Å². The highest BCUT2D eigenvalue weighted by Gasteiger charge is 2.07. The summed E-state index contributed by atoms with van der Waals surface area (Å²) in [5.41, 5.74) is 2.93. The van der Waals surface area contributed by atoms with Gasteiger partial charge in [0.1, 0.15) is 11.5 Å². The minimum atomic E-state index is -0.299. The number of nitrogens with one attached hydrogen (secondary N) is 1. The van der Waals surface area contributed by atoms with Crippen molar-refractivity contribution in [1.29, 1.82) is 0 Å². The number of hydrogen-bond donors (Lipinski definition) is 1. The molecule has 5 nitrogen and oxygen atoms in total. The molecule has 0 unspecified atom stereocenters. The van der Waals surface area contributed by atoms with E-state index in [1.165, 1.54) is 6.21 Å². The van der Waals surface area contributed by atoms with Gasteiger partial charge in [0.2, 0.25) is 0 Å². The number of amides is 1. The zero-order valence-corrected chi connectivity index (χ0v) is 13.4. The molecule has 0 spiro atoms. The van der Waals surface area contributed by atoms with Crippen molar-refractivity contribution >= 4 is 40.8 Å². The Bertz CT molecular complexity index is 664. The summed E-state index contributed by atoms with van der Waals surface area (Å²) in [6.45, 7) is 0. The predicted molar refractivity (Wildman–Crippen MR) is 89.4 cm³/mol. The number of benzene rings is 1. The topological polar surface area (TPSA) is 63.8 Å². The quantitative estimate of drug-likeness (QED) is 0.479. The number of ether oxygens (including phenoxy) is 1. The van der Waals surface area contributed by atoms with Crippen LogP contribution in [0.2, 0.25) is 0 Å². The second kappa shape index (κ2) is 7.63. The van der Waals surface area contributed by atoms with Gasteiger partial charge in [-0.2, -0.15) is 5.10 Å². The van der Waals surface area contributed by atoms with Crippen LogP contribution in [-0.4, -0.2) is 19.2 Å². The Morgan fingerprint density at radius 2 is 2.29 bits per heavy atom. The molecule has 1 amide bonds. The van der Waals surface area contributed by atoms with Crippen molar-refractivity contribution in [2.45, 2.75) is 0 Å². The van der Waals surface area contributed by atoms with Gasteiger partial charge in [0.15, 0.2) is 0 Å². The third-order valence-corrected chi connectivity index (χ3v) is 3.43. The summed E-state index contributed by atoms with van der Waals surface area (Å²) in [5, 5.41) is 3.83. The highest BCUT2D eigenvalue weighted by molar-refractivity contribution is 14.1. The van der Waals surface area contributed by atoms with Gasteiger partial charge in [0, 0.05) is 11.8 Å². The van der Waals surface area contributed by atoms with Crippen LogP contribution in [0.15, 0.2) is 52.2 Å². The Kier molecular flexibility index (Phi) is 5.56. The van der Waals surface area contributed by atoms with Gasteiger partial charge in [-0.3, -0.25) is 4.79 Å². The molecule has 1 heterocycles. The monoisotopic (exact) mass is 396 g/mol. The molecule has 1 N–H and O–H groups in total. The van der Waals surface area contributed by atoms with Crippen LogP contribution in [0, 0.1) is 3.57 Å². The van der Waals surface area contributed by atoms with Crippen LogP contribution in [0.25, 0.3) is 6.08 Å². The zero-order valence-electron chi connectivity index (χ0n) is 11.2. The number of allylic oxidation sites excluding steroid dienone is 1. The number of methoxy groups -OCH3 is 1. The van der Waals surface area contributed by atoms with E-state index in [2.05, 4.69) is 33.1 Å². The molecule has 0 aliphatic rings. The first kappa shape index (κ1) is 15.3. The molecule has 0 fully saturated rings. The van der Waals surface area contributed by atoms with Crippen molar-refractivity contribution in [3.05, 3.63) is 57.6 Å². The van der Waals surface area contributed by atoms with Crippen LogP contribution in [0.5, 0.6) is 5.75 Å². The Balaban J connectivity index is 1.92. The van der Waals surface area contributed by atoms with Crippen molar-refractivity contribution in [3.63, 3.8) is 0 Å². The molecule has 0 bridgehead atoms. The smallest absolute Gasteiger partial charge is 0.271 e. The van der Waals surface area contributed by atoms with E-state index in [4.69, 9.17) is 9.15 Å². The fraction of sp³-hybridized carbons (Fsp3) is 0.0667. The van der Waals surface area contributed by atoms with Crippen molar-refractivity contribution in [2.75, 3.05) is 7.11 Å². The molecule has 0 saturated heterocycles. The standard InChI is InChI=1S/C15H13IN2O3/c1-20-14-10-11(6-7-13(14)16)15(19)18-17-8-2-4-12-5-3-9-21-12/h2-10H,1H3,(H,18,19)/b4-2+,17-8+. The van der Waals surface area contributed by atoms with E-state index in [-0.39, 0.29) is 5.91 Å². The average molecular weight is 396 g/mol. The number of hydrogen-bond acceptors (Lipinski definition) is 4. The van der Waals surface area contributed by atoms with Crippen molar-refractivity contribution < 1.29 is 13.9 Å². The molecule has 2 rings (SSSR count). The van der Waals surface area contributed by atoms with Crippen LogP contribution in [0.4, 0.5) is 0 Å². The summed E-state index contributed by atoms with van der Waals surface area (Å²) in [4.78, 5) is 11.9. The van der Waals surface area contributed by atoms with Crippen molar-refractivity contribution in [1.82, 2.24) is 5.43 Å². The molecule has 2 aromatic rings. The molecule has 0 aliphatic heterocycles. The number of nitrogens with zero attached hydrogens (tertiary/aromatic N) is 1. The maximum atomic E-state index is 11.9. The summed E-state index contributed by atoms with van der Waals surface area (Å²) < 4.78 is 11.2. The van der Waals surface area contributed by atoms with E-state index in [1.54, 1.807) is 43.7 Å². The average Bonchev–Trinajstić information content (AvgIpc) is 3.00. The molecule has 6 heteroatoms. The minimum Gasteiger partial charge on any atom is -0.496 e. The van der Waals surface area contributed by atoms with Crippen LogP contribution in [0.3, 0.4) is 0 Å². The number of rotatable bonds is 5. The van der Waals surface area contributed by atoms with Gasteiger partial charge in [-0.15, -0.1) is 0 Å². The summed E-state index contributed by atoms with van der Waals surface area (Å²) in [6.07, 6.45) is 6.48. The SMILES string of the molecule is COc1cc(C(=O)N/N=C/C=C/c2ccco2)ccc1I. The Morgan fingerprint density at radius 3 is 3.00 bits per heavy atom. The number of carbonyl (C=O) groups is 1. The van der Waals surface area contributed by atoms with Gasteiger partial charge in [0.25, 0.3) is 5.91 Å². The largest absolute Gasteiger partial charge is 0.496 e. The first-order chi connectivity index (χ1) is 10.2. The molecule has 0 atom stereocenters.